The van der Waals surface area contributed by atoms with Crippen LogP contribution in [-0.2, 0) is 18.4 Å². The molecule has 1 heterocycles. The van der Waals surface area contributed by atoms with Gasteiger partial charge in [-0.2, -0.15) is 5.10 Å². The van der Waals surface area contributed by atoms with E-state index in [4.69, 9.17) is 5.11 Å². The molecule has 0 amide bonds. The van der Waals surface area contributed by atoms with Crippen LogP contribution in [0.15, 0.2) is 6.33 Å². The summed E-state index contributed by atoms with van der Waals surface area (Å²) in [5.41, 5.74) is -0.769. The Morgan fingerprint density at radius 2 is 2.33 bits per heavy atom. The number of nitrogens with one attached hydrogen (secondary N) is 1. The molecule has 0 unspecified atom stereocenters. The van der Waals surface area contributed by atoms with Gasteiger partial charge in [0, 0.05) is 13.6 Å². The molecule has 0 saturated heterocycles. The van der Waals surface area contributed by atoms with Crippen molar-refractivity contribution in [2.24, 2.45) is 12.5 Å². The molecule has 0 radical (unpaired) electrons. The third kappa shape index (κ3) is 3.32. The third-order valence-corrected chi connectivity index (χ3v) is 2.08. The Bertz CT molecular complexity index is 346. The van der Waals surface area contributed by atoms with Crippen molar-refractivity contribution >= 4 is 5.97 Å². The van der Waals surface area contributed by atoms with Crippen LogP contribution in [0.4, 0.5) is 0 Å². The maximum Gasteiger partial charge on any atom is 0.310 e. The van der Waals surface area contributed by atoms with Crippen molar-refractivity contribution < 1.29 is 9.90 Å². The number of carboxylic acid groups (broad SMARTS) is 1. The van der Waals surface area contributed by atoms with Gasteiger partial charge >= 0.3 is 5.97 Å². The smallest absolute Gasteiger partial charge is 0.310 e. The first kappa shape index (κ1) is 11.6. The van der Waals surface area contributed by atoms with Crippen LogP contribution in [0.2, 0.25) is 0 Å². The molecule has 1 rings (SSSR count). The molecule has 1 aromatic heterocycles. The van der Waals surface area contributed by atoms with Crippen LogP contribution < -0.4 is 5.32 Å². The lowest BCUT2D eigenvalue weighted by molar-refractivity contribution is -0.146. The summed E-state index contributed by atoms with van der Waals surface area (Å²) in [4.78, 5) is 14.8. The highest BCUT2D eigenvalue weighted by Crippen LogP contribution is 2.13. The predicted octanol–water partition coefficient (Wildman–Crippen LogP) is 0.0155. The summed E-state index contributed by atoms with van der Waals surface area (Å²) in [6, 6.07) is 0. The van der Waals surface area contributed by atoms with Gasteiger partial charge in [-0.1, -0.05) is 0 Å². The molecule has 0 aromatic carbocycles. The second-order valence-electron chi connectivity index (χ2n) is 4.13. The molecule has 6 heteroatoms. The highest BCUT2D eigenvalue weighted by atomic mass is 16.4. The molecule has 0 bridgehead atoms. The SMILES string of the molecule is Cn1cnc(CNCC(C)(C)C(=O)O)n1. The summed E-state index contributed by atoms with van der Waals surface area (Å²) in [6.45, 7) is 4.22. The highest BCUT2D eigenvalue weighted by Gasteiger charge is 2.26. The van der Waals surface area contributed by atoms with E-state index in [9.17, 15) is 4.79 Å². The Labute approximate surface area is 88.3 Å². The second kappa shape index (κ2) is 4.39. The number of aromatic nitrogens is 3. The lowest BCUT2D eigenvalue weighted by Gasteiger charge is -2.18. The molecular weight excluding hydrogens is 196 g/mol. The van der Waals surface area contributed by atoms with Crippen LogP contribution in [-0.4, -0.2) is 32.4 Å². The Morgan fingerprint density at radius 3 is 2.80 bits per heavy atom. The number of nitrogens with zero attached hydrogens (tertiary/aromatic N) is 3. The highest BCUT2D eigenvalue weighted by molar-refractivity contribution is 5.73. The summed E-state index contributed by atoms with van der Waals surface area (Å²) in [6.07, 6.45) is 1.61. The maximum atomic E-state index is 10.8. The molecule has 0 fully saturated rings. The van der Waals surface area contributed by atoms with Gasteiger partial charge in [-0.25, -0.2) is 4.98 Å². The van der Waals surface area contributed by atoms with E-state index in [0.717, 1.165) is 0 Å². The number of carboxylic acids is 1. The lowest BCUT2D eigenvalue weighted by Crippen LogP contribution is -2.35. The molecule has 15 heavy (non-hydrogen) atoms. The number of rotatable bonds is 5. The lowest BCUT2D eigenvalue weighted by atomic mass is 9.94. The zero-order chi connectivity index (χ0) is 11.5. The van der Waals surface area contributed by atoms with E-state index < -0.39 is 11.4 Å². The first-order valence-corrected chi connectivity index (χ1v) is 4.70. The van der Waals surface area contributed by atoms with Crippen molar-refractivity contribution in [2.75, 3.05) is 6.54 Å². The van der Waals surface area contributed by atoms with Gasteiger partial charge < -0.3 is 10.4 Å². The van der Waals surface area contributed by atoms with Gasteiger partial charge in [0.2, 0.25) is 0 Å². The fourth-order valence-electron chi connectivity index (χ4n) is 1.03. The summed E-state index contributed by atoms with van der Waals surface area (Å²) in [7, 11) is 1.79. The zero-order valence-electron chi connectivity index (χ0n) is 9.19. The molecule has 0 aliphatic rings. The predicted molar refractivity (Wildman–Crippen MR) is 54.1 cm³/mol. The van der Waals surface area contributed by atoms with Gasteiger partial charge in [0.25, 0.3) is 0 Å². The van der Waals surface area contributed by atoms with Crippen molar-refractivity contribution in [3.63, 3.8) is 0 Å². The normalized spacial score (nSPS) is 11.7. The third-order valence-electron chi connectivity index (χ3n) is 2.08. The van der Waals surface area contributed by atoms with E-state index in [2.05, 4.69) is 15.4 Å². The van der Waals surface area contributed by atoms with Crippen molar-refractivity contribution in [1.82, 2.24) is 20.1 Å². The topological polar surface area (TPSA) is 80.0 Å². The van der Waals surface area contributed by atoms with Gasteiger partial charge in [0.15, 0.2) is 5.82 Å². The van der Waals surface area contributed by atoms with E-state index >= 15 is 0 Å². The number of hydrogen-bond acceptors (Lipinski definition) is 4. The zero-order valence-corrected chi connectivity index (χ0v) is 9.19. The summed E-state index contributed by atoms with van der Waals surface area (Å²) in [5.74, 6) is -0.150. The van der Waals surface area contributed by atoms with Gasteiger partial charge in [0.1, 0.15) is 6.33 Å². The first-order valence-electron chi connectivity index (χ1n) is 4.70. The Morgan fingerprint density at radius 1 is 1.67 bits per heavy atom. The van der Waals surface area contributed by atoms with Crippen LogP contribution in [0, 0.1) is 5.41 Å². The van der Waals surface area contributed by atoms with Crippen molar-refractivity contribution in [3.05, 3.63) is 12.2 Å². The van der Waals surface area contributed by atoms with Crippen molar-refractivity contribution in [1.29, 1.82) is 0 Å². The molecule has 0 aliphatic heterocycles. The molecule has 0 spiro atoms. The number of aliphatic carboxylic acids is 1. The van der Waals surface area contributed by atoms with E-state index in [-0.39, 0.29) is 0 Å². The fourth-order valence-corrected chi connectivity index (χ4v) is 1.03. The van der Waals surface area contributed by atoms with Crippen LogP contribution in [0.5, 0.6) is 0 Å². The Balaban J connectivity index is 2.36. The minimum Gasteiger partial charge on any atom is -0.481 e. The number of hydrogen-bond donors (Lipinski definition) is 2. The Hall–Kier alpha value is -1.43. The average Bonchev–Trinajstić information content (AvgIpc) is 2.51. The standard InChI is InChI=1S/C9H16N4O2/c1-9(2,8(14)15)5-10-4-7-11-6-13(3)12-7/h6,10H,4-5H2,1-3H3,(H,14,15). The number of aryl methyl sites for hydroxylation is 1. The van der Waals surface area contributed by atoms with Gasteiger partial charge in [-0.05, 0) is 13.8 Å². The molecular formula is C9H16N4O2. The fraction of sp³-hybridized carbons (Fsp3) is 0.667. The minimum atomic E-state index is -0.816. The molecule has 84 valence electrons. The quantitative estimate of drug-likeness (QED) is 0.719. The number of carbonyl (C=O) groups is 1. The average molecular weight is 212 g/mol. The van der Waals surface area contributed by atoms with Crippen LogP contribution >= 0.6 is 0 Å². The summed E-state index contributed by atoms with van der Waals surface area (Å²) < 4.78 is 1.61. The maximum absolute atomic E-state index is 10.8. The van der Waals surface area contributed by atoms with Gasteiger partial charge in [-0.3, -0.25) is 9.48 Å². The molecule has 2 N–H and O–H groups in total. The van der Waals surface area contributed by atoms with Crippen LogP contribution in [0.3, 0.4) is 0 Å². The Kier molecular flexibility index (Phi) is 3.41. The second-order valence-corrected chi connectivity index (χ2v) is 4.13. The largest absolute Gasteiger partial charge is 0.481 e. The van der Waals surface area contributed by atoms with E-state index in [1.807, 2.05) is 0 Å². The van der Waals surface area contributed by atoms with Crippen LogP contribution in [0.25, 0.3) is 0 Å². The summed E-state index contributed by atoms with van der Waals surface area (Å²) >= 11 is 0. The van der Waals surface area contributed by atoms with Crippen molar-refractivity contribution in [2.45, 2.75) is 20.4 Å². The van der Waals surface area contributed by atoms with Gasteiger partial charge in [-0.15, -0.1) is 0 Å². The first-order chi connectivity index (χ1) is 6.92. The van der Waals surface area contributed by atoms with Crippen LogP contribution in [0.1, 0.15) is 19.7 Å². The minimum absolute atomic E-state index is 0.389. The summed E-state index contributed by atoms with van der Waals surface area (Å²) in [5, 5.41) is 16.0. The van der Waals surface area contributed by atoms with Gasteiger partial charge in [0.05, 0.1) is 12.0 Å². The van der Waals surface area contributed by atoms with E-state index in [0.29, 0.717) is 18.9 Å². The molecule has 6 nitrogen and oxygen atoms in total. The van der Waals surface area contributed by atoms with E-state index in [1.165, 1.54) is 0 Å². The molecule has 0 saturated carbocycles. The monoisotopic (exact) mass is 212 g/mol. The van der Waals surface area contributed by atoms with Crippen molar-refractivity contribution in [3.8, 4) is 0 Å². The molecule has 0 aliphatic carbocycles. The molecule has 1 aromatic rings. The van der Waals surface area contributed by atoms with E-state index in [1.54, 1.807) is 31.9 Å². The molecule has 0 atom stereocenters.